The van der Waals surface area contributed by atoms with Crippen molar-refractivity contribution in [2.24, 2.45) is 12.9 Å². The molecule has 1 aromatic heterocycles. The number of nitrogens with two attached hydrogens (primary N) is 1. The molecule has 0 bridgehead atoms. The van der Waals surface area contributed by atoms with Crippen molar-refractivity contribution in [1.82, 2.24) is 15.2 Å². The molecule has 1 aliphatic heterocycles. The summed E-state index contributed by atoms with van der Waals surface area (Å²) in [6.45, 7) is 2.00. The molecule has 1 fully saturated rings. The van der Waals surface area contributed by atoms with Crippen LogP contribution in [0.25, 0.3) is 0 Å². The number of rotatable bonds is 4. The van der Waals surface area contributed by atoms with E-state index in [0.29, 0.717) is 5.25 Å². The lowest BCUT2D eigenvalue weighted by Gasteiger charge is -2.21. The number of hydrazine groups is 1. The minimum atomic E-state index is 0.280. The number of hydrogen-bond donors (Lipinski definition) is 2. The van der Waals surface area contributed by atoms with E-state index in [2.05, 4.69) is 10.5 Å². The molecule has 3 N–H and O–H groups in total. The predicted octanol–water partition coefficient (Wildman–Crippen LogP) is 1.65. The highest BCUT2D eigenvalue weighted by Gasteiger charge is 2.27. The Bertz CT molecular complexity index is 387. The highest BCUT2D eigenvalue weighted by Crippen LogP contribution is 2.31. The summed E-state index contributed by atoms with van der Waals surface area (Å²) in [5.74, 6) is 6.91. The van der Waals surface area contributed by atoms with E-state index < -0.39 is 0 Å². The van der Waals surface area contributed by atoms with Gasteiger partial charge in [0.05, 0.1) is 5.69 Å². The van der Waals surface area contributed by atoms with Gasteiger partial charge in [0, 0.05) is 23.9 Å². The smallest absolute Gasteiger partial charge is 0.130 e. The van der Waals surface area contributed by atoms with E-state index in [9.17, 15) is 0 Å². The summed E-state index contributed by atoms with van der Waals surface area (Å²) in [4.78, 5) is 0. The highest BCUT2D eigenvalue weighted by molar-refractivity contribution is 8.00. The van der Waals surface area contributed by atoms with Gasteiger partial charge >= 0.3 is 0 Å². The summed E-state index contributed by atoms with van der Waals surface area (Å²) in [5.41, 5.74) is 5.06. The number of aromatic nitrogens is 2. The highest BCUT2D eigenvalue weighted by atomic mass is 35.5. The number of aryl methyl sites for hydroxylation is 2. The molecule has 0 spiro atoms. The topological polar surface area (TPSA) is 55.9 Å². The molecule has 0 amide bonds. The van der Waals surface area contributed by atoms with Gasteiger partial charge in [0.15, 0.2) is 0 Å². The zero-order valence-corrected chi connectivity index (χ0v) is 11.8. The second kappa shape index (κ2) is 5.61. The van der Waals surface area contributed by atoms with Crippen LogP contribution in [-0.2, 0) is 13.5 Å². The van der Waals surface area contributed by atoms with Crippen molar-refractivity contribution in [2.75, 3.05) is 5.75 Å². The predicted molar refractivity (Wildman–Crippen MR) is 73.3 cm³/mol. The molecule has 0 aromatic carbocycles. The van der Waals surface area contributed by atoms with Crippen molar-refractivity contribution >= 4 is 23.4 Å². The summed E-state index contributed by atoms with van der Waals surface area (Å²) in [6.07, 6.45) is 3.37. The molecule has 96 valence electrons. The number of nitrogens with zero attached hydrogens (tertiary/aromatic N) is 2. The van der Waals surface area contributed by atoms with Crippen LogP contribution < -0.4 is 11.3 Å². The van der Waals surface area contributed by atoms with Crippen molar-refractivity contribution in [2.45, 2.75) is 37.5 Å². The van der Waals surface area contributed by atoms with Crippen LogP contribution in [0, 0.1) is 6.92 Å². The fraction of sp³-hybridized carbons (Fsp3) is 0.727. The molecule has 17 heavy (non-hydrogen) atoms. The van der Waals surface area contributed by atoms with Crippen LogP contribution in [0.1, 0.15) is 24.1 Å². The van der Waals surface area contributed by atoms with Crippen molar-refractivity contribution in [3.63, 3.8) is 0 Å². The number of halogens is 1. The monoisotopic (exact) mass is 274 g/mol. The van der Waals surface area contributed by atoms with Crippen LogP contribution in [0.3, 0.4) is 0 Å². The second-order valence-corrected chi connectivity index (χ2v) is 6.21. The van der Waals surface area contributed by atoms with Crippen LogP contribution in [-0.4, -0.2) is 26.8 Å². The molecule has 2 atom stereocenters. The van der Waals surface area contributed by atoms with E-state index in [-0.39, 0.29) is 6.04 Å². The summed E-state index contributed by atoms with van der Waals surface area (Å²) in [7, 11) is 1.87. The summed E-state index contributed by atoms with van der Waals surface area (Å²) in [5, 5.41) is 5.65. The first-order valence-electron chi connectivity index (χ1n) is 5.89. The molecule has 4 nitrogen and oxygen atoms in total. The Kier molecular flexibility index (Phi) is 4.36. The summed E-state index contributed by atoms with van der Waals surface area (Å²) in [6, 6.07) is 0.280. The zero-order valence-electron chi connectivity index (χ0n) is 10.2. The molecule has 2 unspecified atom stereocenters. The fourth-order valence-corrected chi connectivity index (χ4v) is 3.97. The Hall–Kier alpha value is -0.230. The van der Waals surface area contributed by atoms with Gasteiger partial charge in [-0.2, -0.15) is 16.9 Å². The average molecular weight is 275 g/mol. The van der Waals surface area contributed by atoms with Gasteiger partial charge in [-0.15, -0.1) is 0 Å². The van der Waals surface area contributed by atoms with Gasteiger partial charge in [0.2, 0.25) is 0 Å². The van der Waals surface area contributed by atoms with Crippen LogP contribution in [0.15, 0.2) is 0 Å². The van der Waals surface area contributed by atoms with E-state index >= 15 is 0 Å². The fourth-order valence-electron chi connectivity index (χ4n) is 2.34. The van der Waals surface area contributed by atoms with E-state index in [1.807, 2.05) is 25.7 Å². The van der Waals surface area contributed by atoms with Gasteiger partial charge in [-0.05, 0) is 31.9 Å². The van der Waals surface area contributed by atoms with Crippen LogP contribution in [0.5, 0.6) is 0 Å². The van der Waals surface area contributed by atoms with Crippen molar-refractivity contribution < 1.29 is 0 Å². The molecule has 6 heteroatoms. The van der Waals surface area contributed by atoms with Gasteiger partial charge < -0.3 is 0 Å². The maximum atomic E-state index is 6.25. The normalized spacial score (nSPS) is 22.0. The first-order valence-corrected chi connectivity index (χ1v) is 7.32. The SMILES string of the molecule is Cc1nn(C)c(Cl)c1CC(NN)C1CCCS1. The molecule has 1 aliphatic rings. The summed E-state index contributed by atoms with van der Waals surface area (Å²) < 4.78 is 1.72. The third-order valence-electron chi connectivity index (χ3n) is 3.32. The lowest BCUT2D eigenvalue weighted by molar-refractivity contribution is 0.495. The molecule has 2 rings (SSSR count). The molecular weight excluding hydrogens is 256 g/mol. The maximum absolute atomic E-state index is 6.25. The lowest BCUT2D eigenvalue weighted by Crippen LogP contribution is -2.43. The first kappa shape index (κ1) is 13.2. The van der Waals surface area contributed by atoms with Crippen LogP contribution in [0.4, 0.5) is 0 Å². The third kappa shape index (κ3) is 2.78. The first-order chi connectivity index (χ1) is 8.13. The maximum Gasteiger partial charge on any atom is 0.130 e. The zero-order chi connectivity index (χ0) is 12.4. The standard InChI is InChI=1S/C11H19ClN4S/c1-7-8(11(12)16(2)15-7)6-9(14-13)10-4-3-5-17-10/h9-10,14H,3-6,13H2,1-2H3. The number of hydrogen-bond acceptors (Lipinski definition) is 4. The Labute approximate surface area is 111 Å². The van der Waals surface area contributed by atoms with E-state index in [0.717, 1.165) is 22.8 Å². The number of thioether (sulfide) groups is 1. The number of nitrogens with one attached hydrogen (secondary N) is 1. The molecule has 1 saturated heterocycles. The average Bonchev–Trinajstić information content (AvgIpc) is 2.89. The summed E-state index contributed by atoms with van der Waals surface area (Å²) >= 11 is 8.25. The van der Waals surface area contributed by atoms with E-state index in [1.54, 1.807) is 4.68 Å². The van der Waals surface area contributed by atoms with Crippen LogP contribution >= 0.6 is 23.4 Å². The van der Waals surface area contributed by atoms with Gasteiger partial charge in [-0.1, -0.05) is 11.6 Å². The van der Waals surface area contributed by atoms with Crippen LogP contribution in [0.2, 0.25) is 5.15 Å². The molecule has 0 aliphatic carbocycles. The molecule has 2 heterocycles. The molecule has 0 saturated carbocycles. The quantitative estimate of drug-likeness (QED) is 0.648. The minimum Gasteiger partial charge on any atom is -0.271 e. The molecule has 0 radical (unpaired) electrons. The molecule has 1 aromatic rings. The second-order valence-electron chi connectivity index (χ2n) is 4.51. The van der Waals surface area contributed by atoms with Gasteiger partial charge in [0.1, 0.15) is 5.15 Å². The van der Waals surface area contributed by atoms with E-state index in [1.165, 1.54) is 18.6 Å². The van der Waals surface area contributed by atoms with E-state index in [4.69, 9.17) is 17.4 Å². The van der Waals surface area contributed by atoms with Gasteiger partial charge in [-0.25, -0.2) is 0 Å². The third-order valence-corrected chi connectivity index (χ3v) is 5.31. The molecular formula is C11H19ClN4S. The van der Waals surface area contributed by atoms with Crippen molar-refractivity contribution in [3.8, 4) is 0 Å². The Morgan fingerprint density at radius 2 is 2.47 bits per heavy atom. The Morgan fingerprint density at radius 1 is 1.71 bits per heavy atom. The Morgan fingerprint density at radius 3 is 2.94 bits per heavy atom. The lowest BCUT2D eigenvalue weighted by atomic mass is 10.0. The Balaban J connectivity index is 2.12. The van der Waals surface area contributed by atoms with Gasteiger partial charge in [0.25, 0.3) is 0 Å². The minimum absolute atomic E-state index is 0.280. The van der Waals surface area contributed by atoms with Crippen molar-refractivity contribution in [1.29, 1.82) is 0 Å². The largest absolute Gasteiger partial charge is 0.271 e. The van der Waals surface area contributed by atoms with Crippen molar-refractivity contribution in [3.05, 3.63) is 16.4 Å². The van der Waals surface area contributed by atoms with Gasteiger partial charge in [-0.3, -0.25) is 16.0 Å².